The van der Waals surface area contributed by atoms with Crippen molar-refractivity contribution in [2.75, 3.05) is 0 Å². The van der Waals surface area contributed by atoms with E-state index in [0.29, 0.717) is 0 Å². The molecule has 0 saturated heterocycles. The summed E-state index contributed by atoms with van der Waals surface area (Å²) in [6.07, 6.45) is 0. The molecule has 3 heterocycles. The van der Waals surface area contributed by atoms with Crippen molar-refractivity contribution in [1.82, 2.24) is 4.57 Å². The number of hydrogen-bond acceptors (Lipinski definition) is 2. The van der Waals surface area contributed by atoms with Crippen LogP contribution in [-0.2, 0) is 0 Å². The van der Waals surface area contributed by atoms with Gasteiger partial charge < -0.3 is 8.98 Å². The topological polar surface area (TPSA) is 18.1 Å². The SMILES string of the molecule is c1ccc2cc(-n3c4ccccc4c4cc(-c5cc6c7ccccc7oc6c6c5sc5ccccc56)ccc43)ccc2c1. The standard InChI is InChI=1S/C40H23NOS/c1-2-10-25-21-27(19-17-24(25)9-1)41-34-14-6-3-11-28(34)32-22-26(18-20-35(32)41)31-23-33-29-12-4-7-15-36(29)42-39(33)38-30-13-5-8-16-37(30)43-40(31)38/h1-23H. The molecule has 0 aliphatic rings. The Morgan fingerprint density at radius 2 is 1.26 bits per heavy atom. The lowest BCUT2D eigenvalue weighted by Crippen LogP contribution is -1.93. The molecule has 0 spiro atoms. The fourth-order valence-electron chi connectivity index (χ4n) is 7.01. The summed E-state index contributed by atoms with van der Waals surface area (Å²) in [6.45, 7) is 0. The molecule has 2 nitrogen and oxygen atoms in total. The molecule has 3 aromatic heterocycles. The zero-order valence-electron chi connectivity index (χ0n) is 23.0. The van der Waals surface area contributed by atoms with Gasteiger partial charge in [0.25, 0.3) is 0 Å². The number of hydrogen-bond donors (Lipinski definition) is 0. The summed E-state index contributed by atoms with van der Waals surface area (Å²) in [5.41, 5.74) is 7.98. The van der Waals surface area contributed by atoms with Gasteiger partial charge in [-0.1, -0.05) is 91.0 Å². The van der Waals surface area contributed by atoms with Crippen LogP contribution in [0.3, 0.4) is 0 Å². The molecule has 0 amide bonds. The van der Waals surface area contributed by atoms with Gasteiger partial charge in [-0.3, -0.25) is 0 Å². The highest BCUT2D eigenvalue weighted by atomic mass is 32.1. The van der Waals surface area contributed by atoms with E-state index in [1.54, 1.807) is 0 Å². The monoisotopic (exact) mass is 565 g/mol. The maximum Gasteiger partial charge on any atom is 0.144 e. The van der Waals surface area contributed by atoms with Gasteiger partial charge in [-0.15, -0.1) is 11.3 Å². The van der Waals surface area contributed by atoms with Gasteiger partial charge >= 0.3 is 0 Å². The van der Waals surface area contributed by atoms with Crippen molar-refractivity contribution < 1.29 is 4.42 Å². The maximum atomic E-state index is 6.54. The van der Waals surface area contributed by atoms with Crippen molar-refractivity contribution >= 4 is 86.0 Å². The fourth-order valence-corrected chi connectivity index (χ4v) is 8.25. The van der Waals surface area contributed by atoms with Crippen molar-refractivity contribution in [2.45, 2.75) is 0 Å². The van der Waals surface area contributed by atoms with E-state index in [4.69, 9.17) is 4.42 Å². The molecular weight excluding hydrogens is 543 g/mol. The maximum absolute atomic E-state index is 6.54. The minimum Gasteiger partial charge on any atom is -0.455 e. The Balaban J connectivity index is 1.29. The third-order valence-electron chi connectivity index (χ3n) is 8.96. The molecule has 0 bridgehead atoms. The molecule has 0 atom stereocenters. The van der Waals surface area contributed by atoms with Crippen LogP contribution in [0.25, 0.3) is 91.5 Å². The average molecular weight is 566 g/mol. The highest BCUT2D eigenvalue weighted by molar-refractivity contribution is 7.26. The zero-order chi connectivity index (χ0) is 28.1. The van der Waals surface area contributed by atoms with E-state index < -0.39 is 0 Å². The number of fused-ring (bicyclic) bond motifs is 11. The summed E-state index contributed by atoms with van der Waals surface area (Å²) in [4.78, 5) is 0. The molecule has 43 heavy (non-hydrogen) atoms. The molecule has 0 saturated carbocycles. The van der Waals surface area contributed by atoms with E-state index in [1.165, 1.54) is 75.0 Å². The molecule has 0 aliphatic carbocycles. The molecule has 10 aromatic rings. The molecule has 0 radical (unpaired) electrons. The molecule has 3 heteroatoms. The number of benzene rings is 7. The van der Waals surface area contributed by atoms with Crippen molar-refractivity contribution in [3.8, 4) is 16.8 Å². The van der Waals surface area contributed by atoms with E-state index in [0.717, 1.165) is 16.6 Å². The smallest absolute Gasteiger partial charge is 0.144 e. The second-order valence-corrected chi connectivity index (χ2v) is 12.4. The normalized spacial score (nSPS) is 12.2. The first kappa shape index (κ1) is 23.2. The Hall–Kier alpha value is -5.38. The fraction of sp³-hybridized carbons (Fsp3) is 0. The Labute approximate surface area is 250 Å². The van der Waals surface area contributed by atoms with Crippen LogP contribution in [0.2, 0.25) is 0 Å². The lowest BCUT2D eigenvalue weighted by Gasteiger charge is -2.10. The molecule has 10 rings (SSSR count). The summed E-state index contributed by atoms with van der Waals surface area (Å²) in [5, 5.41) is 9.80. The largest absolute Gasteiger partial charge is 0.455 e. The Morgan fingerprint density at radius 3 is 2.19 bits per heavy atom. The summed E-state index contributed by atoms with van der Waals surface area (Å²) < 4.78 is 11.5. The third-order valence-corrected chi connectivity index (χ3v) is 10.2. The van der Waals surface area contributed by atoms with Gasteiger partial charge in [-0.05, 0) is 64.9 Å². The second kappa shape index (κ2) is 8.57. The molecule has 200 valence electrons. The zero-order valence-corrected chi connectivity index (χ0v) is 23.9. The molecular formula is C40H23NOS. The Morgan fingerprint density at radius 1 is 0.512 bits per heavy atom. The number of aromatic nitrogens is 1. The van der Waals surface area contributed by atoms with E-state index in [-0.39, 0.29) is 0 Å². The van der Waals surface area contributed by atoms with E-state index >= 15 is 0 Å². The van der Waals surface area contributed by atoms with Gasteiger partial charge in [0, 0.05) is 53.0 Å². The van der Waals surface area contributed by atoms with Gasteiger partial charge in [0.15, 0.2) is 0 Å². The van der Waals surface area contributed by atoms with Crippen LogP contribution in [0.4, 0.5) is 0 Å². The van der Waals surface area contributed by atoms with Gasteiger partial charge in [0.05, 0.1) is 11.0 Å². The third kappa shape index (κ3) is 3.23. The summed E-state index contributed by atoms with van der Waals surface area (Å²) in [7, 11) is 0. The van der Waals surface area contributed by atoms with Gasteiger partial charge in [0.2, 0.25) is 0 Å². The molecule has 0 aliphatic heterocycles. The van der Waals surface area contributed by atoms with Crippen LogP contribution >= 0.6 is 11.3 Å². The first-order valence-electron chi connectivity index (χ1n) is 14.6. The van der Waals surface area contributed by atoms with Gasteiger partial charge in [-0.25, -0.2) is 0 Å². The van der Waals surface area contributed by atoms with Crippen molar-refractivity contribution in [1.29, 1.82) is 0 Å². The van der Waals surface area contributed by atoms with Crippen LogP contribution in [0, 0.1) is 0 Å². The number of nitrogens with zero attached hydrogens (tertiary/aromatic N) is 1. The highest BCUT2D eigenvalue weighted by Gasteiger charge is 2.20. The van der Waals surface area contributed by atoms with Crippen molar-refractivity contribution in [2.24, 2.45) is 0 Å². The first-order valence-corrected chi connectivity index (χ1v) is 15.4. The minimum absolute atomic E-state index is 0.931. The van der Waals surface area contributed by atoms with Crippen LogP contribution in [-0.4, -0.2) is 4.57 Å². The number of para-hydroxylation sites is 2. The van der Waals surface area contributed by atoms with Gasteiger partial charge in [-0.2, -0.15) is 0 Å². The van der Waals surface area contributed by atoms with Crippen LogP contribution in [0.1, 0.15) is 0 Å². The Bertz CT molecular complexity index is 2740. The molecule has 7 aromatic carbocycles. The summed E-state index contributed by atoms with van der Waals surface area (Å²) in [6, 6.07) is 50.5. The van der Waals surface area contributed by atoms with Crippen LogP contribution in [0.15, 0.2) is 144 Å². The minimum atomic E-state index is 0.931. The van der Waals surface area contributed by atoms with E-state index in [1.807, 2.05) is 17.4 Å². The highest BCUT2D eigenvalue weighted by Crippen LogP contribution is 2.47. The predicted octanol–water partition coefficient (Wildman–Crippen LogP) is 11.9. The predicted molar refractivity (Wildman–Crippen MR) is 184 cm³/mol. The van der Waals surface area contributed by atoms with Crippen molar-refractivity contribution in [3.05, 3.63) is 140 Å². The first-order chi connectivity index (χ1) is 21.3. The van der Waals surface area contributed by atoms with E-state index in [9.17, 15) is 0 Å². The van der Waals surface area contributed by atoms with Crippen LogP contribution < -0.4 is 0 Å². The number of rotatable bonds is 2. The molecule has 0 unspecified atom stereocenters. The van der Waals surface area contributed by atoms with Crippen molar-refractivity contribution in [3.63, 3.8) is 0 Å². The number of thiophene rings is 1. The lowest BCUT2D eigenvalue weighted by molar-refractivity contribution is 0.673. The van der Waals surface area contributed by atoms with Gasteiger partial charge in [0.1, 0.15) is 11.2 Å². The quantitative estimate of drug-likeness (QED) is 0.204. The number of furan rings is 1. The lowest BCUT2D eigenvalue weighted by atomic mass is 9.97. The summed E-state index contributed by atoms with van der Waals surface area (Å²) in [5.74, 6) is 0. The average Bonchev–Trinajstić information content (AvgIpc) is 3.73. The molecule has 0 N–H and O–H groups in total. The van der Waals surface area contributed by atoms with E-state index in [2.05, 4.69) is 138 Å². The molecule has 0 fully saturated rings. The Kier molecular flexibility index (Phi) is 4.63. The van der Waals surface area contributed by atoms with Crippen LogP contribution in [0.5, 0.6) is 0 Å². The second-order valence-electron chi connectivity index (χ2n) is 11.3. The summed E-state index contributed by atoms with van der Waals surface area (Å²) >= 11 is 1.85.